The lowest BCUT2D eigenvalue weighted by Gasteiger charge is -2.40. The van der Waals surface area contributed by atoms with Crippen molar-refractivity contribution >= 4 is 6.98 Å². The van der Waals surface area contributed by atoms with Crippen molar-refractivity contribution < 1.29 is 12.9 Å². The molecule has 1 aliphatic heterocycles. The lowest BCUT2D eigenvalue weighted by atomic mass is 9.75. The summed E-state index contributed by atoms with van der Waals surface area (Å²) < 4.78 is 36.4. The number of hydrogen-bond donors (Lipinski definition) is 0. The molecule has 1 saturated heterocycles. The molecule has 1 saturated carbocycles. The Morgan fingerprint density at radius 2 is 1.91 bits per heavy atom. The molecule has 1 atom stereocenters. The second kappa shape index (κ2) is 1.76. The van der Waals surface area contributed by atoms with Gasteiger partial charge < -0.3 is 17.8 Å². The van der Waals surface area contributed by atoms with E-state index in [-0.39, 0.29) is 5.41 Å². The number of rotatable bonds is 1. The summed E-state index contributed by atoms with van der Waals surface area (Å²) in [5.74, 6) is -0.932. The second-order valence-electron chi connectivity index (χ2n) is 3.97. The minimum atomic E-state index is -4.55. The standard InChI is InChI=1S/C6H10BF3N/c1-11-3-6(4-11)2-5(6)7(8,9)10/h5H,2-4H2,1H3/q-1. The van der Waals surface area contributed by atoms with E-state index in [2.05, 4.69) is 0 Å². The molecule has 0 bridgehead atoms. The van der Waals surface area contributed by atoms with Crippen molar-refractivity contribution in [1.29, 1.82) is 0 Å². The Morgan fingerprint density at radius 3 is 2.18 bits per heavy atom. The van der Waals surface area contributed by atoms with Crippen LogP contribution in [0.15, 0.2) is 0 Å². The summed E-state index contributed by atoms with van der Waals surface area (Å²) in [7, 11) is 1.87. The fourth-order valence-corrected chi connectivity index (χ4v) is 2.31. The van der Waals surface area contributed by atoms with Crippen LogP contribution in [0.4, 0.5) is 12.9 Å². The van der Waals surface area contributed by atoms with E-state index in [0.29, 0.717) is 19.5 Å². The van der Waals surface area contributed by atoms with Crippen LogP contribution < -0.4 is 0 Å². The van der Waals surface area contributed by atoms with Gasteiger partial charge in [-0.05, 0) is 12.5 Å². The average molecular weight is 164 g/mol. The van der Waals surface area contributed by atoms with Crippen LogP contribution in [0.2, 0.25) is 5.82 Å². The first kappa shape index (κ1) is 7.46. The maximum Gasteiger partial charge on any atom is 0.482 e. The van der Waals surface area contributed by atoms with Crippen molar-refractivity contribution in [3.8, 4) is 0 Å². The van der Waals surface area contributed by atoms with E-state index in [9.17, 15) is 12.9 Å². The third-order valence-corrected chi connectivity index (χ3v) is 2.88. The Balaban J connectivity index is 1.96. The van der Waals surface area contributed by atoms with Crippen LogP contribution in [0.5, 0.6) is 0 Å². The van der Waals surface area contributed by atoms with Gasteiger partial charge in [-0.2, -0.15) is 0 Å². The van der Waals surface area contributed by atoms with E-state index in [0.717, 1.165) is 0 Å². The number of hydrogen-bond acceptors (Lipinski definition) is 1. The van der Waals surface area contributed by atoms with Crippen molar-refractivity contribution in [2.45, 2.75) is 12.2 Å². The minimum absolute atomic E-state index is 0.326. The molecular formula is C6H10BF3N-. The first-order valence-electron chi connectivity index (χ1n) is 3.83. The molecule has 0 aromatic carbocycles. The van der Waals surface area contributed by atoms with Gasteiger partial charge in [-0.1, -0.05) is 12.2 Å². The maximum atomic E-state index is 12.1. The Labute approximate surface area is 63.6 Å². The highest BCUT2D eigenvalue weighted by atomic mass is 19.4. The molecule has 5 heteroatoms. The number of nitrogens with zero attached hydrogens (tertiary/aromatic N) is 1. The summed E-state index contributed by atoms with van der Waals surface area (Å²) >= 11 is 0. The average Bonchev–Trinajstić information content (AvgIpc) is 2.37. The van der Waals surface area contributed by atoms with Gasteiger partial charge in [0.25, 0.3) is 0 Å². The normalized spacial score (nSPS) is 35.5. The van der Waals surface area contributed by atoms with Crippen molar-refractivity contribution in [2.24, 2.45) is 5.41 Å². The van der Waals surface area contributed by atoms with Crippen LogP contribution in [-0.2, 0) is 0 Å². The highest BCUT2D eigenvalue weighted by Crippen LogP contribution is 2.67. The zero-order valence-electron chi connectivity index (χ0n) is 6.36. The third-order valence-electron chi connectivity index (χ3n) is 2.88. The van der Waals surface area contributed by atoms with Gasteiger partial charge in [0, 0.05) is 13.1 Å². The second-order valence-corrected chi connectivity index (χ2v) is 3.97. The van der Waals surface area contributed by atoms with Gasteiger partial charge in [-0.15, -0.1) is 0 Å². The van der Waals surface area contributed by atoms with Gasteiger partial charge in [0.2, 0.25) is 0 Å². The molecule has 0 amide bonds. The van der Waals surface area contributed by atoms with Crippen LogP contribution in [0, 0.1) is 5.41 Å². The van der Waals surface area contributed by atoms with E-state index in [1.54, 1.807) is 0 Å². The predicted molar refractivity (Wildman–Crippen MR) is 37.4 cm³/mol. The van der Waals surface area contributed by atoms with Gasteiger partial charge in [0.15, 0.2) is 0 Å². The van der Waals surface area contributed by atoms with Gasteiger partial charge in [0.05, 0.1) is 0 Å². The highest BCUT2D eigenvalue weighted by Gasteiger charge is 2.65. The Morgan fingerprint density at radius 1 is 1.36 bits per heavy atom. The fourth-order valence-electron chi connectivity index (χ4n) is 2.31. The Bertz CT molecular complexity index is 185. The van der Waals surface area contributed by atoms with Crippen molar-refractivity contribution in [1.82, 2.24) is 4.90 Å². The molecule has 1 nitrogen and oxygen atoms in total. The van der Waals surface area contributed by atoms with Crippen LogP contribution in [0.1, 0.15) is 6.42 Å². The van der Waals surface area contributed by atoms with Gasteiger partial charge in [-0.25, -0.2) is 0 Å². The maximum absolute atomic E-state index is 12.1. The molecule has 1 heterocycles. The predicted octanol–water partition coefficient (Wildman–Crippen LogP) is 1.54. The van der Waals surface area contributed by atoms with E-state index >= 15 is 0 Å². The molecule has 1 spiro atoms. The van der Waals surface area contributed by atoms with Gasteiger partial charge in [0.1, 0.15) is 0 Å². The summed E-state index contributed by atoms with van der Waals surface area (Å²) in [4.78, 5) is 1.95. The van der Waals surface area contributed by atoms with Gasteiger partial charge >= 0.3 is 6.98 Å². The summed E-state index contributed by atoms with van der Waals surface area (Å²) in [5.41, 5.74) is -0.326. The fraction of sp³-hybridized carbons (Fsp3) is 1.00. The molecule has 2 aliphatic rings. The summed E-state index contributed by atoms with van der Waals surface area (Å²) in [6.07, 6.45) is 0.390. The summed E-state index contributed by atoms with van der Waals surface area (Å²) in [5, 5.41) is 0. The molecule has 0 radical (unpaired) electrons. The molecule has 1 aliphatic carbocycles. The quantitative estimate of drug-likeness (QED) is 0.531. The Hall–Kier alpha value is -0.185. The van der Waals surface area contributed by atoms with E-state index in [4.69, 9.17) is 0 Å². The number of halogens is 3. The van der Waals surface area contributed by atoms with E-state index in [1.165, 1.54) is 0 Å². The van der Waals surface area contributed by atoms with Crippen molar-refractivity contribution in [3.63, 3.8) is 0 Å². The molecule has 11 heavy (non-hydrogen) atoms. The zero-order chi connectivity index (χ0) is 8.28. The third kappa shape index (κ3) is 0.973. The van der Waals surface area contributed by atoms with Crippen LogP contribution in [-0.4, -0.2) is 32.0 Å². The molecular weight excluding hydrogens is 154 g/mol. The first-order valence-corrected chi connectivity index (χ1v) is 3.83. The number of likely N-dealkylation sites (tertiary alicyclic amines) is 1. The lowest BCUT2D eigenvalue weighted by Crippen LogP contribution is -2.47. The smallest absolute Gasteiger partial charge is 0.449 e. The lowest BCUT2D eigenvalue weighted by molar-refractivity contribution is 0.110. The molecule has 64 valence electrons. The monoisotopic (exact) mass is 164 g/mol. The summed E-state index contributed by atoms with van der Waals surface area (Å²) in [6.45, 7) is -3.24. The van der Waals surface area contributed by atoms with E-state index in [1.807, 2.05) is 11.9 Å². The van der Waals surface area contributed by atoms with Crippen molar-refractivity contribution in [2.75, 3.05) is 20.1 Å². The van der Waals surface area contributed by atoms with Crippen molar-refractivity contribution in [3.05, 3.63) is 0 Å². The van der Waals surface area contributed by atoms with E-state index < -0.39 is 12.8 Å². The molecule has 0 aromatic heterocycles. The van der Waals surface area contributed by atoms with Gasteiger partial charge in [-0.3, -0.25) is 0 Å². The molecule has 1 unspecified atom stereocenters. The largest absolute Gasteiger partial charge is 0.482 e. The minimum Gasteiger partial charge on any atom is -0.449 e. The highest BCUT2D eigenvalue weighted by molar-refractivity contribution is 6.61. The Kier molecular flexibility index (Phi) is 1.19. The first-order chi connectivity index (χ1) is 4.94. The SMILES string of the molecule is CN1CC2(CC2[B-](F)(F)F)C1. The zero-order valence-corrected chi connectivity index (χ0v) is 6.36. The van der Waals surface area contributed by atoms with Crippen LogP contribution in [0.3, 0.4) is 0 Å². The molecule has 0 aromatic rings. The summed E-state index contributed by atoms with van der Waals surface area (Å²) in [6, 6.07) is 0. The van der Waals surface area contributed by atoms with Crippen LogP contribution in [0.25, 0.3) is 0 Å². The topological polar surface area (TPSA) is 3.24 Å². The molecule has 0 N–H and O–H groups in total. The molecule has 2 rings (SSSR count). The molecule has 2 fully saturated rings. The van der Waals surface area contributed by atoms with Crippen LogP contribution >= 0.6 is 0 Å².